The van der Waals surface area contributed by atoms with Crippen LogP contribution < -0.4 is 15.0 Å². The second kappa shape index (κ2) is 12.1. The average molecular weight is 735 g/mol. The van der Waals surface area contributed by atoms with Crippen molar-refractivity contribution in [2.24, 2.45) is 5.10 Å². The Balaban J connectivity index is 1.90. The number of rotatable bonds is 8. The van der Waals surface area contributed by atoms with Gasteiger partial charge in [-0.15, -0.1) is 0 Å². The molecule has 0 saturated heterocycles. The number of hydrogen-bond donors (Lipinski definition) is 0. The first-order valence-electron chi connectivity index (χ1n) is 12.5. The lowest BCUT2D eigenvalue weighted by Gasteiger charge is -2.17. The van der Waals surface area contributed by atoms with Crippen molar-refractivity contribution >= 4 is 62.3 Å². The molecule has 0 bridgehead atoms. The summed E-state index contributed by atoms with van der Waals surface area (Å²) in [6.45, 7) is 10.4. The number of aryl methyl sites for hydroxylation is 1. The monoisotopic (exact) mass is 735 g/mol. The molecule has 0 aliphatic carbocycles. The Bertz CT molecular complexity index is 1550. The van der Waals surface area contributed by atoms with Crippen LogP contribution in [0.1, 0.15) is 56.7 Å². The quantitative estimate of drug-likeness (QED) is 0.137. The van der Waals surface area contributed by atoms with Crippen LogP contribution in [0.5, 0.6) is 11.5 Å². The molecule has 0 unspecified atom stereocenters. The third-order valence-electron chi connectivity index (χ3n) is 6.43. The molecule has 0 fully saturated rings. The van der Waals surface area contributed by atoms with Gasteiger partial charge in [0.15, 0.2) is 5.82 Å². The van der Waals surface area contributed by atoms with E-state index in [2.05, 4.69) is 84.0 Å². The van der Waals surface area contributed by atoms with E-state index in [-0.39, 0.29) is 17.6 Å². The zero-order chi connectivity index (χ0) is 27.6. The van der Waals surface area contributed by atoms with E-state index in [1.165, 1.54) is 4.68 Å². The van der Waals surface area contributed by atoms with Crippen molar-refractivity contribution in [1.29, 1.82) is 0 Å². The number of aromatic nitrogens is 2. The lowest BCUT2D eigenvalue weighted by Crippen LogP contribution is -2.21. The number of nitrogens with zero attached hydrogens (tertiary/aromatic N) is 3. The van der Waals surface area contributed by atoms with Gasteiger partial charge in [0.1, 0.15) is 11.5 Å². The van der Waals surface area contributed by atoms with Crippen LogP contribution >= 0.6 is 45.2 Å². The number of hydrogen-bond acceptors (Lipinski definition) is 5. The predicted molar refractivity (Wildman–Crippen MR) is 172 cm³/mol. The van der Waals surface area contributed by atoms with Gasteiger partial charge in [-0.25, -0.2) is 4.98 Å². The summed E-state index contributed by atoms with van der Waals surface area (Å²) in [5.74, 6) is 2.42. The molecule has 4 aromatic rings. The van der Waals surface area contributed by atoms with Crippen LogP contribution in [-0.2, 0) is 0 Å². The second-order valence-electron chi connectivity index (χ2n) is 9.53. The number of benzene rings is 3. The minimum absolute atomic E-state index is 0.129. The van der Waals surface area contributed by atoms with Gasteiger partial charge in [0.05, 0.1) is 37.5 Å². The first kappa shape index (κ1) is 28.5. The van der Waals surface area contributed by atoms with Crippen LogP contribution in [0, 0.1) is 14.1 Å². The van der Waals surface area contributed by atoms with Gasteiger partial charge in [0.2, 0.25) is 0 Å². The standard InChI is InChI=1S/C30H31I2N3O3/c1-7-19(5)38-28-24(31)13-20(14-25(28)32)16-33-35-29(34-26-11-9-8-10-21(26)30(35)36)23-15-22(17(2)3)27(37-6)12-18(23)4/h8-17,19H,7H2,1-6H3/t19-/m0/s1. The summed E-state index contributed by atoms with van der Waals surface area (Å²) >= 11 is 4.57. The SMILES string of the molecule is CC[C@H](C)Oc1c(I)cc(C=Nn2c(-c3cc(C(C)C)c(OC)cc3C)nc3ccccc3c2=O)cc1I. The van der Waals surface area contributed by atoms with Gasteiger partial charge in [-0.3, -0.25) is 4.79 Å². The molecule has 0 aliphatic rings. The lowest BCUT2D eigenvalue weighted by molar-refractivity contribution is 0.214. The summed E-state index contributed by atoms with van der Waals surface area (Å²) in [6, 6.07) is 15.5. The van der Waals surface area contributed by atoms with Crippen LogP contribution in [-0.4, -0.2) is 29.1 Å². The third-order valence-corrected chi connectivity index (χ3v) is 8.03. The van der Waals surface area contributed by atoms with Crippen molar-refractivity contribution in [2.45, 2.75) is 53.1 Å². The Morgan fingerprint density at radius 3 is 2.39 bits per heavy atom. The summed E-state index contributed by atoms with van der Waals surface area (Å²) in [4.78, 5) is 18.6. The molecule has 198 valence electrons. The Morgan fingerprint density at radius 2 is 1.76 bits per heavy atom. The van der Waals surface area contributed by atoms with Crippen LogP contribution in [0.4, 0.5) is 0 Å². The predicted octanol–water partition coefficient (Wildman–Crippen LogP) is 7.77. The van der Waals surface area contributed by atoms with Crippen molar-refractivity contribution < 1.29 is 9.47 Å². The molecule has 38 heavy (non-hydrogen) atoms. The van der Waals surface area contributed by atoms with Gasteiger partial charge in [-0.2, -0.15) is 9.78 Å². The highest BCUT2D eigenvalue weighted by molar-refractivity contribution is 14.1. The highest BCUT2D eigenvalue weighted by Crippen LogP contribution is 2.34. The highest BCUT2D eigenvalue weighted by atomic mass is 127. The number of fused-ring (bicyclic) bond motifs is 1. The summed E-state index contributed by atoms with van der Waals surface area (Å²) in [5, 5.41) is 5.21. The lowest BCUT2D eigenvalue weighted by atomic mass is 9.96. The fraction of sp³-hybridized carbons (Fsp3) is 0.300. The normalized spacial score (nSPS) is 12.4. The topological polar surface area (TPSA) is 65.7 Å². The maximum Gasteiger partial charge on any atom is 0.282 e. The summed E-state index contributed by atoms with van der Waals surface area (Å²) < 4.78 is 15.1. The molecule has 8 heteroatoms. The highest BCUT2D eigenvalue weighted by Gasteiger charge is 2.18. The van der Waals surface area contributed by atoms with E-state index < -0.39 is 0 Å². The molecule has 0 radical (unpaired) electrons. The minimum Gasteiger partial charge on any atom is -0.496 e. The van der Waals surface area contributed by atoms with Crippen molar-refractivity contribution in [2.75, 3.05) is 7.11 Å². The van der Waals surface area contributed by atoms with Crippen LogP contribution in [0.3, 0.4) is 0 Å². The molecule has 1 heterocycles. The number of halogens is 2. The molecule has 4 rings (SSSR count). The fourth-order valence-electron chi connectivity index (χ4n) is 4.15. The van der Waals surface area contributed by atoms with Crippen LogP contribution in [0.2, 0.25) is 0 Å². The molecule has 0 spiro atoms. The van der Waals surface area contributed by atoms with Gasteiger partial charge < -0.3 is 9.47 Å². The van der Waals surface area contributed by atoms with E-state index in [0.29, 0.717) is 16.7 Å². The van der Waals surface area contributed by atoms with Crippen molar-refractivity contribution in [3.8, 4) is 22.9 Å². The Hall–Kier alpha value is -2.47. The maximum atomic E-state index is 13.7. The number of methoxy groups -OCH3 is 1. The average Bonchev–Trinajstić information content (AvgIpc) is 2.89. The van der Waals surface area contributed by atoms with Gasteiger partial charge in [0, 0.05) is 5.56 Å². The Kier molecular flexibility index (Phi) is 9.12. The molecule has 6 nitrogen and oxygen atoms in total. The van der Waals surface area contributed by atoms with Crippen molar-refractivity contribution in [1.82, 2.24) is 9.66 Å². The largest absolute Gasteiger partial charge is 0.496 e. The van der Waals surface area contributed by atoms with E-state index in [1.54, 1.807) is 19.4 Å². The summed E-state index contributed by atoms with van der Waals surface area (Å²) in [7, 11) is 1.68. The zero-order valence-electron chi connectivity index (χ0n) is 22.4. The van der Waals surface area contributed by atoms with Crippen molar-refractivity contribution in [3.63, 3.8) is 0 Å². The van der Waals surface area contributed by atoms with E-state index in [1.807, 2.05) is 43.3 Å². The zero-order valence-corrected chi connectivity index (χ0v) is 26.7. The van der Waals surface area contributed by atoms with E-state index in [9.17, 15) is 4.79 Å². The van der Waals surface area contributed by atoms with E-state index >= 15 is 0 Å². The summed E-state index contributed by atoms with van der Waals surface area (Å²) in [5.41, 5.74) is 4.13. The third kappa shape index (κ3) is 5.90. The molecule has 1 aromatic heterocycles. The smallest absolute Gasteiger partial charge is 0.282 e. The Labute approximate surface area is 250 Å². The first-order valence-corrected chi connectivity index (χ1v) is 14.7. The minimum atomic E-state index is -0.218. The number of para-hydroxylation sites is 1. The second-order valence-corrected chi connectivity index (χ2v) is 11.9. The molecular weight excluding hydrogens is 704 g/mol. The number of ether oxygens (including phenoxy) is 2. The van der Waals surface area contributed by atoms with Crippen molar-refractivity contribution in [3.05, 3.63) is 82.7 Å². The molecule has 0 aliphatic heterocycles. The van der Waals surface area contributed by atoms with E-state index in [0.717, 1.165) is 47.3 Å². The van der Waals surface area contributed by atoms with Crippen LogP contribution in [0.25, 0.3) is 22.3 Å². The molecule has 0 N–H and O–H groups in total. The van der Waals surface area contributed by atoms with Gasteiger partial charge in [-0.1, -0.05) is 32.9 Å². The van der Waals surface area contributed by atoms with Crippen LogP contribution in [0.15, 0.2) is 58.4 Å². The van der Waals surface area contributed by atoms with Gasteiger partial charge in [-0.05, 0) is 124 Å². The molecule has 0 saturated carbocycles. The van der Waals surface area contributed by atoms with E-state index in [4.69, 9.17) is 14.5 Å². The Morgan fingerprint density at radius 1 is 1.08 bits per heavy atom. The van der Waals surface area contributed by atoms with Gasteiger partial charge >= 0.3 is 0 Å². The molecule has 3 aromatic carbocycles. The summed E-state index contributed by atoms with van der Waals surface area (Å²) in [6.07, 6.45) is 2.77. The molecule has 1 atom stereocenters. The molecule has 0 amide bonds. The fourth-order valence-corrected chi connectivity index (χ4v) is 6.22. The molecular formula is C30H31I2N3O3. The first-order chi connectivity index (χ1) is 18.1. The van der Waals surface area contributed by atoms with Gasteiger partial charge in [0.25, 0.3) is 5.56 Å². The maximum absolute atomic E-state index is 13.7.